The molecule has 0 unspecified atom stereocenters. The third kappa shape index (κ3) is 2.18. The fourth-order valence-corrected chi connectivity index (χ4v) is 3.82. The molecule has 0 spiro atoms. The van der Waals surface area contributed by atoms with Crippen LogP contribution < -0.4 is 5.32 Å². The van der Waals surface area contributed by atoms with Gasteiger partial charge in [0.15, 0.2) is 11.6 Å². The van der Waals surface area contributed by atoms with Gasteiger partial charge in [0.25, 0.3) is 0 Å². The quantitative estimate of drug-likeness (QED) is 0.904. The topological polar surface area (TPSA) is 46.2 Å². The average molecular weight is 333 g/mol. The molecule has 0 saturated heterocycles. The molecule has 0 bridgehead atoms. The highest BCUT2D eigenvalue weighted by Crippen LogP contribution is 2.46. The largest absolute Gasteiger partial charge is 0.358 e. The van der Waals surface area contributed by atoms with E-state index < -0.39 is 11.7 Å². The number of rotatable bonds is 2. The van der Waals surface area contributed by atoms with Gasteiger partial charge in [0, 0.05) is 39.5 Å². The zero-order valence-corrected chi connectivity index (χ0v) is 13.9. The van der Waals surface area contributed by atoms with Crippen LogP contribution in [-0.2, 0) is 4.79 Å². The zero-order valence-electron chi connectivity index (χ0n) is 13.9. The Bertz CT molecular complexity index is 1000. The number of hydrogen-bond donors (Lipinski definition) is 1. The van der Waals surface area contributed by atoms with E-state index >= 15 is 0 Å². The molecule has 124 valence electrons. The molecule has 3 nitrogen and oxygen atoms in total. The van der Waals surface area contributed by atoms with Gasteiger partial charge in [0.05, 0.1) is 5.70 Å². The predicted octanol–water partition coefficient (Wildman–Crippen LogP) is 3.98. The Kier molecular flexibility index (Phi) is 3.42. The molecule has 0 saturated carbocycles. The maximum atomic E-state index is 14.6. The molecule has 1 aliphatic heterocycles. The van der Waals surface area contributed by atoms with Gasteiger partial charge in [0.2, 0.25) is 0 Å². The van der Waals surface area contributed by atoms with Crippen molar-refractivity contribution in [2.75, 3.05) is 0 Å². The van der Waals surface area contributed by atoms with Gasteiger partial charge < -0.3 is 5.32 Å². The summed E-state index contributed by atoms with van der Waals surface area (Å²) in [6.45, 7) is 3.24. The first-order valence-electron chi connectivity index (χ1n) is 8.12. The Morgan fingerprint density at radius 1 is 1.04 bits per heavy atom. The van der Waals surface area contributed by atoms with Crippen molar-refractivity contribution in [3.05, 3.63) is 87.9 Å². The molecule has 1 heterocycles. The third-order valence-corrected chi connectivity index (χ3v) is 4.84. The number of dihydropyridines is 1. The number of Topliss-reactive ketones (excluding diaryl/α,β-unsaturated/α-hetero) is 2. The Morgan fingerprint density at radius 2 is 1.68 bits per heavy atom. The second-order valence-corrected chi connectivity index (χ2v) is 6.34. The smallest absolute Gasteiger partial charge is 0.192 e. The summed E-state index contributed by atoms with van der Waals surface area (Å²) in [5.41, 5.74) is 3.94. The normalized spacial score (nSPS) is 18.8. The summed E-state index contributed by atoms with van der Waals surface area (Å²) in [5, 5.41) is 3.21. The van der Waals surface area contributed by atoms with E-state index in [4.69, 9.17) is 0 Å². The van der Waals surface area contributed by atoms with Crippen LogP contribution in [0.5, 0.6) is 0 Å². The molecule has 0 aromatic heterocycles. The summed E-state index contributed by atoms with van der Waals surface area (Å²) >= 11 is 0. The van der Waals surface area contributed by atoms with Crippen molar-refractivity contribution in [2.24, 2.45) is 0 Å². The van der Waals surface area contributed by atoms with Crippen LogP contribution in [0.15, 0.2) is 65.4 Å². The number of hydrogen-bond acceptors (Lipinski definition) is 3. The third-order valence-electron chi connectivity index (χ3n) is 4.84. The minimum absolute atomic E-state index is 0.155. The predicted molar refractivity (Wildman–Crippen MR) is 93.4 cm³/mol. The monoisotopic (exact) mass is 333 g/mol. The van der Waals surface area contributed by atoms with Crippen molar-refractivity contribution in [1.82, 2.24) is 5.32 Å². The maximum absolute atomic E-state index is 14.6. The van der Waals surface area contributed by atoms with E-state index in [1.165, 1.54) is 13.0 Å². The Balaban J connectivity index is 2.00. The summed E-state index contributed by atoms with van der Waals surface area (Å²) in [6.07, 6.45) is 0. The number of carbonyl (C=O) groups is 2. The summed E-state index contributed by atoms with van der Waals surface area (Å²) in [4.78, 5) is 25.4. The van der Waals surface area contributed by atoms with Crippen molar-refractivity contribution < 1.29 is 14.0 Å². The summed E-state index contributed by atoms with van der Waals surface area (Å²) in [5.74, 6) is -1.45. The highest BCUT2D eigenvalue weighted by molar-refractivity contribution is 6.23. The number of halogens is 1. The molecule has 1 N–H and O–H groups in total. The summed E-state index contributed by atoms with van der Waals surface area (Å²) < 4.78 is 14.6. The van der Waals surface area contributed by atoms with Crippen LogP contribution in [0.25, 0.3) is 5.70 Å². The minimum atomic E-state index is -0.699. The standard InChI is InChI=1S/C21H16FNO2/c1-11-17(12(2)24)18(15-9-5-6-10-16(15)22)19-20(23-11)13-7-3-4-8-14(13)21(19)25/h3-10,18,23H,1-2H3/t18-/m0/s1. The molecular formula is C21H16FNO2. The molecule has 2 aliphatic rings. The average Bonchev–Trinajstić information content (AvgIpc) is 2.87. The van der Waals surface area contributed by atoms with Gasteiger partial charge in [-0.25, -0.2) is 4.39 Å². The van der Waals surface area contributed by atoms with Crippen molar-refractivity contribution in [1.29, 1.82) is 0 Å². The van der Waals surface area contributed by atoms with E-state index in [1.807, 2.05) is 12.1 Å². The van der Waals surface area contributed by atoms with Crippen molar-refractivity contribution in [2.45, 2.75) is 19.8 Å². The van der Waals surface area contributed by atoms with Crippen LogP contribution in [0.1, 0.15) is 41.3 Å². The van der Waals surface area contributed by atoms with Gasteiger partial charge in [-0.2, -0.15) is 0 Å². The van der Waals surface area contributed by atoms with Gasteiger partial charge in [0.1, 0.15) is 5.82 Å². The second kappa shape index (κ2) is 5.52. The lowest BCUT2D eigenvalue weighted by Gasteiger charge is -2.29. The van der Waals surface area contributed by atoms with Crippen molar-refractivity contribution in [3.8, 4) is 0 Å². The number of fused-ring (bicyclic) bond motifs is 2. The number of ketones is 2. The van der Waals surface area contributed by atoms with Gasteiger partial charge in [-0.1, -0.05) is 42.5 Å². The lowest BCUT2D eigenvalue weighted by Crippen LogP contribution is -2.28. The highest BCUT2D eigenvalue weighted by Gasteiger charge is 2.42. The SMILES string of the molecule is CC(=O)C1=C(C)NC2=C(C(=O)c3ccccc32)[C@H]1c1ccccc1F. The minimum Gasteiger partial charge on any atom is -0.358 e. The Hall–Kier alpha value is -3.01. The van der Waals surface area contributed by atoms with Crippen molar-refractivity contribution >= 4 is 17.3 Å². The lowest BCUT2D eigenvalue weighted by atomic mass is 9.78. The Morgan fingerprint density at radius 3 is 2.36 bits per heavy atom. The van der Waals surface area contributed by atoms with Gasteiger partial charge >= 0.3 is 0 Å². The van der Waals surface area contributed by atoms with E-state index in [0.717, 1.165) is 5.56 Å². The van der Waals surface area contributed by atoms with Crippen LogP contribution >= 0.6 is 0 Å². The maximum Gasteiger partial charge on any atom is 0.192 e. The van der Waals surface area contributed by atoms with E-state index in [0.29, 0.717) is 33.7 Å². The van der Waals surface area contributed by atoms with Crippen LogP contribution in [0.4, 0.5) is 4.39 Å². The number of benzene rings is 2. The lowest BCUT2D eigenvalue weighted by molar-refractivity contribution is -0.113. The number of carbonyl (C=O) groups excluding carboxylic acids is 2. The zero-order chi connectivity index (χ0) is 17.7. The summed E-state index contributed by atoms with van der Waals surface area (Å²) in [7, 11) is 0. The van der Waals surface area contributed by atoms with E-state index in [-0.39, 0.29) is 11.6 Å². The van der Waals surface area contributed by atoms with Gasteiger partial charge in [-0.05, 0) is 19.9 Å². The molecule has 1 aliphatic carbocycles. The molecule has 0 fully saturated rings. The molecule has 1 atom stereocenters. The van der Waals surface area contributed by atoms with E-state index in [9.17, 15) is 14.0 Å². The van der Waals surface area contributed by atoms with Crippen LogP contribution in [0, 0.1) is 5.82 Å². The second-order valence-electron chi connectivity index (χ2n) is 6.34. The number of allylic oxidation sites excluding steroid dienone is 3. The molecule has 2 aromatic rings. The van der Waals surface area contributed by atoms with E-state index in [2.05, 4.69) is 5.32 Å². The van der Waals surface area contributed by atoms with Gasteiger partial charge in [-0.15, -0.1) is 0 Å². The van der Waals surface area contributed by atoms with Crippen LogP contribution in [-0.4, -0.2) is 11.6 Å². The van der Waals surface area contributed by atoms with Crippen LogP contribution in [0.2, 0.25) is 0 Å². The molecular weight excluding hydrogens is 317 g/mol. The molecule has 0 amide bonds. The molecule has 4 heteroatoms. The molecule has 25 heavy (non-hydrogen) atoms. The Labute approximate surface area is 144 Å². The fraction of sp³-hybridized carbons (Fsp3) is 0.143. The first-order valence-corrected chi connectivity index (χ1v) is 8.12. The van der Waals surface area contributed by atoms with Gasteiger partial charge in [-0.3, -0.25) is 9.59 Å². The molecule has 2 aromatic carbocycles. The van der Waals surface area contributed by atoms with Crippen LogP contribution in [0.3, 0.4) is 0 Å². The first-order chi connectivity index (χ1) is 12.0. The van der Waals surface area contributed by atoms with E-state index in [1.54, 1.807) is 37.3 Å². The highest BCUT2D eigenvalue weighted by atomic mass is 19.1. The first kappa shape index (κ1) is 15.5. The summed E-state index contributed by atoms with van der Waals surface area (Å²) in [6, 6.07) is 13.6. The molecule has 0 radical (unpaired) electrons. The fourth-order valence-electron chi connectivity index (χ4n) is 3.82. The van der Waals surface area contributed by atoms with Crippen molar-refractivity contribution in [3.63, 3.8) is 0 Å². The molecule has 4 rings (SSSR count). The number of nitrogens with one attached hydrogen (secondary N) is 1.